The highest BCUT2D eigenvalue weighted by atomic mass is 16.5. The van der Waals surface area contributed by atoms with Crippen LogP contribution in [0, 0.1) is 0 Å². The van der Waals surface area contributed by atoms with Crippen LogP contribution in [-0.2, 0) is 0 Å². The van der Waals surface area contributed by atoms with Gasteiger partial charge in [0, 0.05) is 18.2 Å². The van der Waals surface area contributed by atoms with Gasteiger partial charge in [-0.25, -0.2) is 0 Å². The summed E-state index contributed by atoms with van der Waals surface area (Å²) >= 11 is 0. The molecule has 112 valence electrons. The van der Waals surface area contributed by atoms with Crippen LogP contribution in [0.1, 0.15) is 23.7 Å². The molecule has 1 amide bonds. The second-order valence-electron chi connectivity index (χ2n) is 4.36. The van der Waals surface area contributed by atoms with Crippen molar-refractivity contribution in [3.8, 4) is 17.2 Å². The average Bonchev–Trinajstić information content (AvgIpc) is 2.45. The maximum absolute atomic E-state index is 12.2. The minimum absolute atomic E-state index is 0.00898. The monoisotopic (exact) mass is 282 g/mol. The van der Waals surface area contributed by atoms with Gasteiger partial charge in [0.2, 0.25) is 0 Å². The van der Waals surface area contributed by atoms with Crippen LogP contribution in [0.25, 0.3) is 0 Å². The van der Waals surface area contributed by atoms with Gasteiger partial charge in [0.25, 0.3) is 5.91 Å². The molecule has 0 saturated carbocycles. The molecule has 0 heterocycles. The van der Waals surface area contributed by atoms with Crippen molar-refractivity contribution in [3.63, 3.8) is 0 Å². The van der Waals surface area contributed by atoms with E-state index in [-0.39, 0.29) is 11.9 Å². The first-order chi connectivity index (χ1) is 9.57. The number of carbonyl (C=O) groups excluding carboxylic acids is 1. The van der Waals surface area contributed by atoms with Crippen LogP contribution < -0.4 is 25.3 Å². The molecular weight excluding hydrogens is 260 g/mol. The third kappa shape index (κ3) is 3.77. The Bertz CT molecular complexity index is 463. The Morgan fingerprint density at radius 1 is 1.15 bits per heavy atom. The molecule has 0 radical (unpaired) electrons. The third-order valence-corrected chi connectivity index (χ3v) is 2.93. The van der Waals surface area contributed by atoms with E-state index in [4.69, 9.17) is 19.9 Å². The van der Waals surface area contributed by atoms with Crippen LogP contribution in [0.3, 0.4) is 0 Å². The molecule has 0 spiro atoms. The Labute approximate surface area is 119 Å². The summed E-state index contributed by atoms with van der Waals surface area (Å²) in [5, 5.41) is 2.87. The highest BCUT2D eigenvalue weighted by molar-refractivity contribution is 5.98. The van der Waals surface area contributed by atoms with Gasteiger partial charge in [-0.15, -0.1) is 0 Å². The first kappa shape index (κ1) is 16.1. The molecule has 6 nitrogen and oxygen atoms in total. The number of hydrogen-bond donors (Lipinski definition) is 2. The van der Waals surface area contributed by atoms with Crippen molar-refractivity contribution in [2.45, 2.75) is 19.4 Å². The van der Waals surface area contributed by atoms with Crippen molar-refractivity contribution < 1.29 is 19.0 Å². The van der Waals surface area contributed by atoms with Gasteiger partial charge >= 0.3 is 0 Å². The number of benzene rings is 1. The number of ether oxygens (including phenoxy) is 3. The number of nitrogens with one attached hydrogen (secondary N) is 1. The van der Waals surface area contributed by atoms with E-state index in [0.717, 1.165) is 0 Å². The van der Waals surface area contributed by atoms with Crippen molar-refractivity contribution in [2.24, 2.45) is 5.73 Å². The van der Waals surface area contributed by atoms with E-state index in [9.17, 15) is 4.79 Å². The Balaban J connectivity index is 3.06. The number of amides is 1. The molecule has 1 atom stereocenters. The maximum Gasteiger partial charge on any atom is 0.255 e. The normalized spacial score (nSPS) is 11.7. The lowest BCUT2D eigenvalue weighted by atomic mass is 10.1. The van der Waals surface area contributed by atoms with Gasteiger partial charge in [0.1, 0.15) is 5.75 Å². The Morgan fingerprint density at radius 2 is 1.70 bits per heavy atom. The Kier molecular flexibility index (Phi) is 6.11. The SMILES string of the molecule is COc1cc(OC)c(C(=O)NC(C)CCN)cc1OC. The molecule has 1 rings (SSSR count). The summed E-state index contributed by atoms with van der Waals surface area (Å²) < 4.78 is 15.6. The zero-order chi connectivity index (χ0) is 15.1. The quantitative estimate of drug-likeness (QED) is 0.784. The fourth-order valence-electron chi connectivity index (χ4n) is 1.83. The molecule has 0 saturated heterocycles. The zero-order valence-electron chi connectivity index (χ0n) is 12.4. The van der Waals surface area contributed by atoms with Crippen LogP contribution in [0.15, 0.2) is 12.1 Å². The predicted octanol–water partition coefficient (Wildman–Crippen LogP) is 1.18. The van der Waals surface area contributed by atoms with Crippen LogP contribution in [0.4, 0.5) is 0 Å². The number of carbonyl (C=O) groups is 1. The van der Waals surface area contributed by atoms with Gasteiger partial charge in [0.15, 0.2) is 11.5 Å². The molecule has 0 bridgehead atoms. The summed E-state index contributed by atoms with van der Waals surface area (Å²) in [6.07, 6.45) is 0.710. The fourth-order valence-corrected chi connectivity index (χ4v) is 1.83. The molecule has 1 aromatic carbocycles. The summed E-state index contributed by atoms with van der Waals surface area (Å²) in [6.45, 7) is 2.42. The molecule has 0 aliphatic carbocycles. The van der Waals surface area contributed by atoms with Gasteiger partial charge in [0.05, 0.1) is 26.9 Å². The summed E-state index contributed by atoms with van der Waals surface area (Å²) in [5.41, 5.74) is 5.87. The Morgan fingerprint density at radius 3 is 2.20 bits per heavy atom. The van der Waals surface area contributed by atoms with Crippen LogP contribution in [0.2, 0.25) is 0 Å². The van der Waals surface area contributed by atoms with E-state index in [2.05, 4.69) is 5.32 Å². The largest absolute Gasteiger partial charge is 0.496 e. The van der Waals surface area contributed by atoms with Crippen molar-refractivity contribution >= 4 is 5.91 Å². The number of methoxy groups -OCH3 is 3. The molecule has 0 aliphatic heterocycles. The van der Waals surface area contributed by atoms with Gasteiger partial charge in [-0.2, -0.15) is 0 Å². The highest BCUT2D eigenvalue weighted by Crippen LogP contribution is 2.34. The molecule has 0 aromatic heterocycles. The van der Waals surface area contributed by atoms with Crippen LogP contribution in [-0.4, -0.2) is 39.8 Å². The highest BCUT2D eigenvalue weighted by Gasteiger charge is 2.18. The molecule has 20 heavy (non-hydrogen) atoms. The maximum atomic E-state index is 12.2. The van der Waals surface area contributed by atoms with Gasteiger partial charge < -0.3 is 25.3 Å². The Hall–Kier alpha value is -1.95. The van der Waals surface area contributed by atoms with Crippen molar-refractivity contribution in [2.75, 3.05) is 27.9 Å². The molecule has 0 fully saturated rings. The fraction of sp³-hybridized carbons (Fsp3) is 0.500. The lowest BCUT2D eigenvalue weighted by molar-refractivity contribution is 0.0935. The minimum Gasteiger partial charge on any atom is -0.496 e. The van der Waals surface area contributed by atoms with Gasteiger partial charge in [-0.3, -0.25) is 4.79 Å². The van der Waals surface area contributed by atoms with Crippen molar-refractivity contribution in [1.29, 1.82) is 0 Å². The van der Waals surface area contributed by atoms with Gasteiger partial charge in [-0.1, -0.05) is 0 Å². The number of hydrogen-bond acceptors (Lipinski definition) is 5. The smallest absolute Gasteiger partial charge is 0.255 e. The second-order valence-corrected chi connectivity index (χ2v) is 4.36. The standard InChI is InChI=1S/C14H22N2O4/c1-9(5-6-15)16-14(17)10-7-12(19-3)13(20-4)8-11(10)18-2/h7-9H,5-6,15H2,1-4H3,(H,16,17). The van der Waals surface area contributed by atoms with Crippen LogP contribution in [0.5, 0.6) is 17.2 Å². The summed E-state index contributed by atoms with van der Waals surface area (Å²) in [5.74, 6) is 1.18. The van der Waals surface area contributed by atoms with Crippen molar-refractivity contribution in [1.82, 2.24) is 5.32 Å². The number of nitrogens with two attached hydrogens (primary N) is 1. The first-order valence-electron chi connectivity index (χ1n) is 6.38. The zero-order valence-corrected chi connectivity index (χ0v) is 12.4. The number of rotatable bonds is 7. The van der Waals surface area contributed by atoms with Crippen LogP contribution >= 0.6 is 0 Å². The molecule has 1 unspecified atom stereocenters. The second kappa shape index (κ2) is 7.59. The predicted molar refractivity (Wildman–Crippen MR) is 76.7 cm³/mol. The average molecular weight is 282 g/mol. The van der Waals surface area contributed by atoms with E-state index >= 15 is 0 Å². The van der Waals surface area contributed by atoms with E-state index < -0.39 is 0 Å². The van der Waals surface area contributed by atoms with E-state index in [1.165, 1.54) is 21.3 Å². The van der Waals surface area contributed by atoms with Gasteiger partial charge in [-0.05, 0) is 19.9 Å². The molecular formula is C14H22N2O4. The molecule has 1 aromatic rings. The molecule has 0 aliphatic rings. The van der Waals surface area contributed by atoms with E-state index in [1.807, 2.05) is 6.92 Å². The lowest BCUT2D eigenvalue weighted by Crippen LogP contribution is -2.34. The first-order valence-corrected chi connectivity index (χ1v) is 6.38. The minimum atomic E-state index is -0.233. The van der Waals surface area contributed by atoms with E-state index in [0.29, 0.717) is 35.8 Å². The summed E-state index contributed by atoms with van der Waals surface area (Å²) in [6, 6.07) is 3.22. The summed E-state index contributed by atoms with van der Waals surface area (Å²) in [7, 11) is 4.55. The topological polar surface area (TPSA) is 82.8 Å². The molecule has 3 N–H and O–H groups in total. The van der Waals surface area contributed by atoms with E-state index in [1.54, 1.807) is 12.1 Å². The third-order valence-electron chi connectivity index (χ3n) is 2.93. The molecule has 6 heteroatoms. The van der Waals surface area contributed by atoms with Crippen molar-refractivity contribution in [3.05, 3.63) is 17.7 Å². The summed E-state index contributed by atoms with van der Waals surface area (Å²) in [4.78, 5) is 12.2. The lowest BCUT2D eigenvalue weighted by Gasteiger charge is -2.16.